The lowest BCUT2D eigenvalue weighted by Crippen LogP contribution is -2.24. The summed E-state index contributed by atoms with van der Waals surface area (Å²) in [4.78, 5) is 0. The van der Waals surface area contributed by atoms with E-state index in [1.54, 1.807) is 0 Å². The standard InChI is InChI=1S/C32H25NO/c1-32(2)26-15-9-14-24-25-20-23(16-17-27(25)33(30(24)26)28-18-19-34-31(28)32)29(21-10-5-3-6-11-21)22-12-7-4-8-13-22/h3-20,29H,1-2H3. The molecule has 2 heteroatoms. The van der Waals surface area contributed by atoms with Crippen LogP contribution in [-0.4, -0.2) is 4.57 Å². The summed E-state index contributed by atoms with van der Waals surface area (Å²) >= 11 is 0. The van der Waals surface area contributed by atoms with Crippen LogP contribution in [0.15, 0.2) is 114 Å². The maximum Gasteiger partial charge on any atom is 0.137 e. The van der Waals surface area contributed by atoms with Crippen LogP contribution in [0.2, 0.25) is 0 Å². The van der Waals surface area contributed by atoms with Gasteiger partial charge in [0.1, 0.15) is 5.76 Å². The van der Waals surface area contributed by atoms with E-state index in [2.05, 4.69) is 122 Å². The molecular formula is C32H25NO. The van der Waals surface area contributed by atoms with Gasteiger partial charge in [-0.05, 0) is 48.2 Å². The molecular weight excluding hydrogens is 414 g/mol. The van der Waals surface area contributed by atoms with Crippen molar-refractivity contribution >= 4 is 21.8 Å². The first-order chi connectivity index (χ1) is 16.6. The Morgan fingerprint density at radius 3 is 2.09 bits per heavy atom. The monoisotopic (exact) mass is 439 g/mol. The summed E-state index contributed by atoms with van der Waals surface area (Å²) in [5.74, 6) is 1.21. The van der Waals surface area contributed by atoms with E-state index in [9.17, 15) is 0 Å². The number of aromatic nitrogens is 1. The Labute approximate surface area is 199 Å². The van der Waals surface area contributed by atoms with Crippen molar-refractivity contribution in [3.63, 3.8) is 0 Å². The SMILES string of the molecule is CC1(C)c2occc2-n2c3ccc(C(c4ccccc4)c4ccccc4)cc3c3cccc1c32. The van der Waals surface area contributed by atoms with Crippen molar-refractivity contribution in [2.45, 2.75) is 25.2 Å². The second-order valence-corrected chi connectivity index (χ2v) is 9.83. The molecule has 0 saturated heterocycles. The van der Waals surface area contributed by atoms with Crippen LogP contribution in [0.25, 0.3) is 27.5 Å². The molecule has 1 aliphatic rings. The zero-order valence-electron chi connectivity index (χ0n) is 19.3. The molecule has 0 radical (unpaired) electrons. The van der Waals surface area contributed by atoms with Gasteiger partial charge >= 0.3 is 0 Å². The van der Waals surface area contributed by atoms with E-state index < -0.39 is 0 Å². The molecule has 6 aromatic rings. The third-order valence-electron chi connectivity index (χ3n) is 7.54. The Morgan fingerprint density at radius 1 is 0.676 bits per heavy atom. The average Bonchev–Trinajstić information content (AvgIpc) is 3.48. The first-order valence-electron chi connectivity index (χ1n) is 11.9. The van der Waals surface area contributed by atoms with Gasteiger partial charge < -0.3 is 8.98 Å². The normalized spacial score (nSPS) is 14.1. The Morgan fingerprint density at radius 2 is 1.38 bits per heavy atom. The predicted octanol–water partition coefficient (Wildman–Crippen LogP) is 8.20. The quantitative estimate of drug-likeness (QED) is 0.254. The fourth-order valence-electron chi connectivity index (χ4n) is 5.96. The van der Waals surface area contributed by atoms with Gasteiger partial charge in [-0.1, -0.05) is 84.9 Å². The number of hydrogen-bond acceptors (Lipinski definition) is 1. The molecule has 0 amide bonds. The van der Waals surface area contributed by atoms with Gasteiger partial charge in [0.25, 0.3) is 0 Å². The van der Waals surface area contributed by atoms with E-state index in [1.807, 2.05) is 6.26 Å². The summed E-state index contributed by atoms with van der Waals surface area (Å²) in [7, 11) is 0. The highest BCUT2D eigenvalue weighted by Gasteiger charge is 2.37. The number of para-hydroxylation sites is 1. The molecule has 4 aromatic carbocycles. The van der Waals surface area contributed by atoms with Crippen LogP contribution in [0.4, 0.5) is 0 Å². The largest absolute Gasteiger partial charge is 0.466 e. The minimum absolute atomic E-state index is 0.178. The van der Waals surface area contributed by atoms with Crippen LogP contribution in [0, 0.1) is 0 Å². The van der Waals surface area contributed by atoms with Gasteiger partial charge in [-0.2, -0.15) is 0 Å². The number of hydrogen-bond donors (Lipinski definition) is 0. The van der Waals surface area contributed by atoms with Gasteiger partial charge in [-0.3, -0.25) is 0 Å². The minimum Gasteiger partial charge on any atom is -0.466 e. The van der Waals surface area contributed by atoms with Crippen LogP contribution >= 0.6 is 0 Å². The van der Waals surface area contributed by atoms with E-state index in [0.29, 0.717) is 0 Å². The molecule has 0 atom stereocenters. The highest BCUT2D eigenvalue weighted by Crippen LogP contribution is 2.48. The predicted molar refractivity (Wildman–Crippen MR) is 139 cm³/mol. The van der Waals surface area contributed by atoms with E-state index in [-0.39, 0.29) is 11.3 Å². The zero-order valence-corrected chi connectivity index (χ0v) is 19.3. The van der Waals surface area contributed by atoms with E-state index in [4.69, 9.17) is 4.42 Å². The third kappa shape index (κ3) is 2.57. The molecule has 0 unspecified atom stereocenters. The molecule has 0 saturated carbocycles. The van der Waals surface area contributed by atoms with Crippen molar-refractivity contribution < 1.29 is 4.42 Å². The summed E-state index contributed by atoms with van der Waals surface area (Å²) in [6.07, 6.45) is 1.82. The Bertz CT molecular complexity index is 1630. The van der Waals surface area contributed by atoms with Crippen molar-refractivity contribution in [2.24, 2.45) is 0 Å². The van der Waals surface area contributed by atoms with Crippen LogP contribution in [-0.2, 0) is 5.41 Å². The van der Waals surface area contributed by atoms with Gasteiger partial charge in [0.05, 0.1) is 28.4 Å². The van der Waals surface area contributed by atoms with E-state index in [1.165, 1.54) is 44.1 Å². The van der Waals surface area contributed by atoms with Gasteiger partial charge in [0, 0.05) is 22.8 Å². The molecule has 0 spiro atoms. The highest BCUT2D eigenvalue weighted by molar-refractivity contribution is 6.11. The summed E-state index contributed by atoms with van der Waals surface area (Å²) in [6, 6.07) is 37.4. The zero-order chi connectivity index (χ0) is 22.9. The van der Waals surface area contributed by atoms with E-state index >= 15 is 0 Å². The van der Waals surface area contributed by atoms with Gasteiger partial charge in [0.2, 0.25) is 0 Å². The molecule has 0 fully saturated rings. The highest BCUT2D eigenvalue weighted by atomic mass is 16.3. The summed E-state index contributed by atoms with van der Waals surface area (Å²) in [5.41, 5.74) is 8.73. The molecule has 164 valence electrons. The molecule has 0 N–H and O–H groups in total. The lowest BCUT2D eigenvalue weighted by Gasteiger charge is -2.30. The summed E-state index contributed by atoms with van der Waals surface area (Å²) in [6.45, 7) is 4.52. The minimum atomic E-state index is -0.178. The van der Waals surface area contributed by atoms with Crippen LogP contribution < -0.4 is 0 Å². The van der Waals surface area contributed by atoms with Crippen molar-refractivity contribution in [1.82, 2.24) is 4.57 Å². The van der Waals surface area contributed by atoms with Crippen molar-refractivity contribution in [3.05, 3.63) is 137 Å². The summed E-state index contributed by atoms with van der Waals surface area (Å²) in [5, 5.41) is 2.59. The Balaban J connectivity index is 1.54. The third-order valence-corrected chi connectivity index (χ3v) is 7.54. The van der Waals surface area contributed by atoms with Crippen LogP contribution in [0.1, 0.15) is 47.8 Å². The number of nitrogens with zero attached hydrogens (tertiary/aromatic N) is 1. The Hall–Kier alpha value is -4.04. The maximum atomic E-state index is 6.03. The molecule has 1 aliphatic heterocycles. The van der Waals surface area contributed by atoms with Gasteiger partial charge in [-0.25, -0.2) is 0 Å². The molecule has 2 nitrogen and oxygen atoms in total. The Kier molecular flexibility index (Phi) is 3.99. The molecule has 3 heterocycles. The average molecular weight is 440 g/mol. The lowest BCUT2D eigenvalue weighted by molar-refractivity contribution is 0.425. The van der Waals surface area contributed by atoms with Crippen LogP contribution in [0.3, 0.4) is 0 Å². The molecule has 0 bridgehead atoms. The smallest absolute Gasteiger partial charge is 0.137 e. The first-order valence-corrected chi connectivity index (χ1v) is 11.9. The second-order valence-electron chi connectivity index (χ2n) is 9.83. The molecule has 2 aromatic heterocycles. The lowest BCUT2D eigenvalue weighted by atomic mass is 9.79. The number of rotatable bonds is 3. The second kappa shape index (κ2) is 6.98. The van der Waals surface area contributed by atoms with E-state index in [0.717, 1.165) is 11.4 Å². The van der Waals surface area contributed by atoms with Crippen molar-refractivity contribution in [2.75, 3.05) is 0 Å². The fraction of sp³-hybridized carbons (Fsp3) is 0.125. The fourth-order valence-corrected chi connectivity index (χ4v) is 5.96. The number of furan rings is 1. The molecule has 34 heavy (non-hydrogen) atoms. The topological polar surface area (TPSA) is 18.1 Å². The molecule has 0 aliphatic carbocycles. The van der Waals surface area contributed by atoms with Crippen molar-refractivity contribution in [3.8, 4) is 5.69 Å². The summed E-state index contributed by atoms with van der Waals surface area (Å²) < 4.78 is 8.43. The maximum absolute atomic E-state index is 6.03. The number of fused-ring (bicyclic) bond motifs is 5. The van der Waals surface area contributed by atoms with Gasteiger partial charge in [-0.15, -0.1) is 0 Å². The number of benzene rings is 4. The van der Waals surface area contributed by atoms with Crippen LogP contribution in [0.5, 0.6) is 0 Å². The van der Waals surface area contributed by atoms with Crippen molar-refractivity contribution in [1.29, 1.82) is 0 Å². The molecule has 7 rings (SSSR count). The first kappa shape index (κ1) is 19.4. The van der Waals surface area contributed by atoms with Gasteiger partial charge in [0.15, 0.2) is 0 Å².